The molecule has 0 amide bonds. The molecule has 1 fully saturated rings. The second-order valence-corrected chi connectivity index (χ2v) is 9.35. The number of aromatic nitrogens is 2. The molecule has 0 bridgehead atoms. The normalized spacial score (nSPS) is 18.3. The molecule has 1 saturated heterocycles. The van der Waals surface area contributed by atoms with E-state index in [4.69, 9.17) is 21.1 Å². The van der Waals surface area contributed by atoms with Gasteiger partial charge in [0.05, 0.1) is 23.4 Å². The number of hydrogen-bond donors (Lipinski definition) is 0. The largest absolute Gasteiger partial charge is 0.487 e. The van der Waals surface area contributed by atoms with Crippen LogP contribution in [0, 0.1) is 0 Å². The van der Waals surface area contributed by atoms with Crippen LogP contribution in [0.4, 0.5) is 0 Å². The minimum absolute atomic E-state index is 0.102. The van der Waals surface area contributed by atoms with Crippen LogP contribution in [0.25, 0.3) is 11.8 Å². The Kier molecular flexibility index (Phi) is 6.81. The number of pyridine rings is 2. The van der Waals surface area contributed by atoms with Crippen LogP contribution in [-0.2, 0) is 24.3 Å². The molecular formula is C27H28ClN3O3. The SMILES string of the molecule is C[C@H]1CN(Cc2ccc3c(c2)CCC(n2ccc(OCc4ccc(Cl)cn4)cc2=O)=C3)CCO1. The van der Waals surface area contributed by atoms with Gasteiger partial charge in [-0.1, -0.05) is 29.8 Å². The number of hydrogen-bond acceptors (Lipinski definition) is 5. The van der Waals surface area contributed by atoms with Crippen molar-refractivity contribution in [2.75, 3.05) is 19.7 Å². The summed E-state index contributed by atoms with van der Waals surface area (Å²) in [7, 11) is 0. The van der Waals surface area contributed by atoms with E-state index in [0.29, 0.717) is 16.9 Å². The monoisotopic (exact) mass is 477 g/mol. The second-order valence-electron chi connectivity index (χ2n) is 8.91. The molecule has 7 heteroatoms. The predicted molar refractivity (Wildman–Crippen MR) is 134 cm³/mol. The summed E-state index contributed by atoms with van der Waals surface area (Å²) >= 11 is 5.87. The highest BCUT2D eigenvalue weighted by Gasteiger charge is 2.18. The number of nitrogens with zero attached hydrogens (tertiary/aromatic N) is 3. The van der Waals surface area contributed by atoms with E-state index in [2.05, 4.69) is 41.1 Å². The van der Waals surface area contributed by atoms with Gasteiger partial charge in [0.1, 0.15) is 12.4 Å². The lowest BCUT2D eigenvalue weighted by molar-refractivity contribution is -0.0212. The molecule has 0 spiro atoms. The molecule has 1 aliphatic carbocycles. The topological polar surface area (TPSA) is 56.6 Å². The Morgan fingerprint density at radius 3 is 2.88 bits per heavy atom. The van der Waals surface area contributed by atoms with Gasteiger partial charge >= 0.3 is 0 Å². The first-order valence-electron chi connectivity index (χ1n) is 11.7. The van der Waals surface area contributed by atoms with Crippen LogP contribution in [0.3, 0.4) is 0 Å². The third-order valence-corrected chi connectivity index (χ3v) is 6.51. The molecule has 0 radical (unpaired) electrons. The van der Waals surface area contributed by atoms with Crippen molar-refractivity contribution >= 4 is 23.4 Å². The quantitative estimate of drug-likeness (QED) is 0.517. The van der Waals surface area contributed by atoms with Crippen molar-refractivity contribution in [2.45, 2.75) is 39.0 Å². The second kappa shape index (κ2) is 10.1. The van der Waals surface area contributed by atoms with Gasteiger partial charge in [-0.25, -0.2) is 0 Å². The summed E-state index contributed by atoms with van der Waals surface area (Å²) in [6.07, 6.45) is 7.52. The summed E-state index contributed by atoms with van der Waals surface area (Å²) in [5.41, 5.74) is 5.50. The molecule has 6 nitrogen and oxygen atoms in total. The maximum Gasteiger partial charge on any atom is 0.258 e. The average molecular weight is 478 g/mol. The van der Waals surface area contributed by atoms with E-state index in [1.807, 2.05) is 6.07 Å². The summed E-state index contributed by atoms with van der Waals surface area (Å²) in [6.45, 7) is 6.11. The van der Waals surface area contributed by atoms with Gasteiger partial charge in [-0.3, -0.25) is 19.2 Å². The van der Waals surface area contributed by atoms with Gasteiger partial charge in [-0.2, -0.15) is 0 Å². The van der Waals surface area contributed by atoms with E-state index in [-0.39, 0.29) is 12.2 Å². The molecule has 2 aliphatic rings. The predicted octanol–water partition coefficient (Wildman–Crippen LogP) is 4.64. The lowest BCUT2D eigenvalue weighted by atomic mass is 9.93. The van der Waals surface area contributed by atoms with E-state index in [0.717, 1.165) is 50.5 Å². The van der Waals surface area contributed by atoms with Crippen LogP contribution >= 0.6 is 11.6 Å². The number of ether oxygens (including phenoxy) is 2. The molecule has 5 rings (SSSR count). The summed E-state index contributed by atoms with van der Waals surface area (Å²) < 4.78 is 13.1. The van der Waals surface area contributed by atoms with Crippen molar-refractivity contribution < 1.29 is 9.47 Å². The van der Waals surface area contributed by atoms with Crippen LogP contribution in [0.1, 0.15) is 35.7 Å². The molecule has 3 aromatic rings. The lowest BCUT2D eigenvalue weighted by Gasteiger charge is -2.31. The van der Waals surface area contributed by atoms with Crippen LogP contribution < -0.4 is 10.3 Å². The van der Waals surface area contributed by atoms with E-state index in [1.54, 1.807) is 29.1 Å². The zero-order chi connectivity index (χ0) is 23.5. The highest BCUT2D eigenvalue weighted by atomic mass is 35.5. The number of aryl methyl sites for hydroxylation is 1. The number of halogens is 1. The Morgan fingerprint density at radius 2 is 2.09 bits per heavy atom. The van der Waals surface area contributed by atoms with Gasteiger partial charge in [-0.15, -0.1) is 0 Å². The molecule has 0 N–H and O–H groups in total. The first-order valence-corrected chi connectivity index (χ1v) is 12.0. The zero-order valence-electron chi connectivity index (χ0n) is 19.2. The zero-order valence-corrected chi connectivity index (χ0v) is 20.0. The van der Waals surface area contributed by atoms with E-state index in [9.17, 15) is 4.79 Å². The molecular weight excluding hydrogens is 450 g/mol. The van der Waals surface area contributed by atoms with Crippen molar-refractivity contribution in [3.63, 3.8) is 0 Å². The van der Waals surface area contributed by atoms with Gasteiger partial charge in [-0.05, 0) is 60.7 Å². The van der Waals surface area contributed by atoms with E-state index < -0.39 is 0 Å². The van der Waals surface area contributed by atoms with Crippen molar-refractivity contribution in [2.24, 2.45) is 0 Å². The number of rotatable bonds is 6. The first kappa shape index (κ1) is 22.8. The summed E-state index contributed by atoms with van der Waals surface area (Å²) in [4.78, 5) is 19.5. The third kappa shape index (κ3) is 5.41. The fourth-order valence-corrected chi connectivity index (χ4v) is 4.66. The van der Waals surface area contributed by atoms with Crippen molar-refractivity contribution in [1.29, 1.82) is 0 Å². The Hall–Kier alpha value is -2.93. The molecule has 1 atom stereocenters. The van der Waals surface area contributed by atoms with E-state index in [1.165, 1.54) is 22.8 Å². The molecule has 34 heavy (non-hydrogen) atoms. The van der Waals surface area contributed by atoms with Crippen molar-refractivity contribution in [3.8, 4) is 5.75 Å². The van der Waals surface area contributed by atoms with Crippen LogP contribution in [0.15, 0.2) is 59.7 Å². The lowest BCUT2D eigenvalue weighted by Crippen LogP contribution is -2.40. The molecule has 3 heterocycles. The van der Waals surface area contributed by atoms with Gasteiger partial charge in [0.15, 0.2) is 0 Å². The Labute approximate surface area is 204 Å². The maximum atomic E-state index is 12.8. The molecule has 0 unspecified atom stereocenters. The number of fused-ring (bicyclic) bond motifs is 1. The number of allylic oxidation sites excluding steroid dienone is 1. The molecule has 2 aromatic heterocycles. The van der Waals surface area contributed by atoms with Crippen LogP contribution in [0.2, 0.25) is 5.02 Å². The summed E-state index contributed by atoms with van der Waals surface area (Å²) in [5.74, 6) is 0.525. The third-order valence-electron chi connectivity index (χ3n) is 6.29. The Morgan fingerprint density at radius 1 is 1.18 bits per heavy atom. The Bertz CT molecular complexity index is 1250. The summed E-state index contributed by atoms with van der Waals surface area (Å²) in [5, 5.41) is 0.580. The molecule has 1 aliphatic heterocycles. The Balaban J connectivity index is 1.27. The van der Waals surface area contributed by atoms with Gasteiger partial charge in [0.2, 0.25) is 0 Å². The van der Waals surface area contributed by atoms with Gasteiger partial charge in [0, 0.05) is 43.8 Å². The highest BCUT2D eigenvalue weighted by Crippen LogP contribution is 2.28. The molecule has 176 valence electrons. The smallest absolute Gasteiger partial charge is 0.258 e. The molecule has 0 saturated carbocycles. The van der Waals surface area contributed by atoms with Gasteiger partial charge < -0.3 is 9.47 Å². The number of morpholine rings is 1. The standard InChI is InChI=1S/C27H28ClN3O3/c1-19-16-30(10-11-33-19)17-20-2-3-22-13-25(7-4-21(22)12-20)31-9-8-26(14-27(31)32)34-18-24-6-5-23(28)15-29-24/h2-3,5-6,8-9,12-15,19H,4,7,10-11,16-18H2,1H3/t19-/m0/s1. The van der Waals surface area contributed by atoms with E-state index >= 15 is 0 Å². The van der Waals surface area contributed by atoms with Crippen LogP contribution in [-0.4, -0.2) is 40.3 Å². The van der Waals surface area contributed by atoms with Crippen molar-refractivity contribution in [3.05, 3.63) is 92.6 Å². The van der Waals surface area contributed by atoms with Crippen molar-refractivity contribution in [1.82, 2.24) is 14.5 Å². The maximum absolute atomic E-state index is 12.8. The number of benzene rings is 1. The fourth-order valence-electron chi connectivity index (χ4n) is 4.55. The minimum atomic E-state index is -0.102. The average Bonchev–Trinajstić information content (AvgIpc) is 2.83. The highest BCUT2D eigenvalue weighted by molar-refractivity contribution is 6.30. The molecule has 1 aromatic carbocycles. The summed E-state index contributed by atoms with van der Waals surface area (Å²) in [6, 6.07) is 13.6. The fraction of sp³-hybridized carbons (Fsp3) is 0.333. The minimum Gasteiger partial charge on any atom is -0.487 e. The van der Waals surface area contributed by atoms with Gasteiger partial charge in [0.25, 0.3) is 5.56 Å². The first-order chi connectivity index (χ1) is 16.5. The van der Waals surface area contributed by atoms with Crippen LogP contribution in [0.5, 0.6) is 5.75 Å².